The van der Waals surface area contributed by atoms with E-state index in [1.165, 1.54) is 13.2 Å². The Morgan fingerprint density at radius 3 is 2.73 bits per heavy atom. The quantitative estimate of drug-likeness (QED) is 0.713. The van der Waals surface area contributed by atoms with Crippen molar-refractivity contribution >= 4 is 28.3 Å². The molecule has 0 spiro atoms. The highest BCUT2D eigenvalue weighted by Gasteiger charge is 2.37. The van der Waals surface area contributed by atoms with E-state index in [0.29, 0.717) is 17.0 Å². The van der Waals surface area contributed by atoms with Crippen molar-refractivity contribution in [2.24, 2.45) is 0 Å². The number of rotatable bonds is 4. The number of ether oxygens (including phenoxy) is 1. The number of alkyl halides is 3. The van der Waals surface area contributed by atoms with Crippen molar-refractivity contribution in [2.75, 3.05) is 26.0 Å². The molecule has 2 aliphatic rings. The molecule has 2 heterocycles. The number of allylic oxidation sites excluding steroid dienone is 4. The van der Waals surface area contributed by atoms with Gasteiger partial charge in [-0.2, -0.15) is 13.2 Å². The summed E-state index contributed by atoms with van der Waals surface area (Å²) in [5.41, 5.74) is 0.452. The lowest BCUT2D eigenvalue weighted by Gasteiger charge is -2.20. The van der Waals surface area contributed by atoms with Gasteiger partial charge in [-0.1, -0.05) is 24.3 Å². The van der Waals surface area contributed by atoms with Crippen LogP contribution in [-0.4, -0.2) is 48.6 Å². The van der Waals surface area contributed by atoms with Crippen molar-refractivity contribution < 1.29 is 27.5 Å². The van der Waals surface area contributed by atoms with Crippen molar-refractivity contribution in [3.05, 3.63) is 57.8 Å². The van der Waals surface area contributed by atoms with E-state index >= 15 is 0 Å². The molecule has 0 bridgehead atoms. The van der Waals surface area contributed by atoms with Crippen LogP contribution in [0.2, 0.25) is 0 Å². The van der Waals surface area contributed by atoms with Crippen LogP contribution < -0.4 is 5.32 Å². The summed E-state index contributed by atoms with van der Waals surface area (Å²) in [6, 6.07) is 0. The highest BCUT2D eigenvalue weighted by atomic mass is 32.1. The third-order valence-corrected chi connectivity index (χ3v) is 5.80. The van der Waals surface area contributed by atoms with Crippen LogP contribution in [0.3, 0.4) is 0 Å². The summed E-state index contributed by atoms with van der Waals surface area (Å²) in [6.07, 6.45) is 2.73. The first kappa shape index (κ1) is 21.8. The highest BCUT2D eigenvalue weighted by Crippen LogP contribution is 2.41. The zero-order chi connectivity index (χ0) is 22.1. The molecule has 10 heteroatoms. The lowest BCUT2D eigenvalue weighted by Crippen LogP contribution is -2.22. The third-order valence-electron chi connectivity index (χ3n) is 4.70. The Labute approximate surface area is 175 Å². The SMILES string of the molecule is COC(=O)c1nc(NC(=O)C2=CCN(C)C=C2C)sc1C1C=CC=C(C(F)(F)F)C1. The summed E-state index contributed by atoms with van der Waals surface area (Å²) in [5, 5.41) is 2.77. The molecule has 3 rings (SSSR count). The number of aromatic nitrogens is 1. The van der Waals surface area contributed by atoms with Crippen molar-refractivity contribution in [1.82, 2.24) is 9.88 Å². The maximum Gasteiger partial charge on any atom is 0.412 e. The van der Waals surface area contributed by atoms with Crippen molar-refractivity contribution in [3.8, 4) is 0 Å². The van der Waals surface area contributed by atoms with Crippen LogP contribution in [0.1, 0.15) is 34.6 Å². The van der Waals surface area contributed by atoms with Crippen LogP contribution in [0.5, 0.6) is 0 Å². The van der Waals surface area contributed by atoms with Gasteiger partial charge in [0.1, 0.15) is 0 Å². The monoisotopic (exact) mass is 439 g/mol. The lowest BCUT2D eigenvalue weighted by atomic mass is 9.92. The van der Waals surface area contributed by atoms with Gasteiger partial charge in [-0.05, 0) is 18.9 Å². The minimum Gasteiger partial charge on any atom is -0.464 e. The molecule has 0 radical (unpaired) electrons. The Kier molecular flexibility index (Phi) is 6.16. The molecule has 6 nitrogen and oxygen atoms in total. The van der Waals surface area contributed by atoms with Gasteiger partial charge in [0.2, 0.25) is 0 Å². The third kappa shape index (κ3) is 4.64. The van der Waals surface area contributed by atoms with Crippen molar-refractivity contribution in [3.63, 3.8) is 0 Å². The number of carbonyl (C=O) groups excluding carboxylic acids is 2. The first-order valence-corrected chi connectivity index (χ1v) is 9.86. The number of halogens is 3. The number of hydrogen-bond donors (Lipinski definition) is 1. The zero-order valence-electron chi connectivity index (χ0n) is 16.5. The number of carbonyl (C=O) groups is 2. The molecule has 1 N–H and O–H groups in total. The predicted octanol–water partition coefficient (Wildman–Crippen LogP) is 4.18. The van der Waals surface area contributed by atoms with E-state index in [4.69, 9.17) is 4.74 Å². The molecule has 1 aliphatic carbocycles. The molecule has 0 saturated heterocycles. The van der Waals surface area contributed by atoms with Gasteiger partial charge < -0.3 is 9.64 Å². The number of hydrogen-bond acceptors (Lipinski definition) is 6. The number of likely N-dealkylation sites (N-methyl/N-ethyl adjacent to an activating group) is 1. The van der Waals surface area contributed by atoms with Crippen molar-refractivity contribution in [2.45, 2.75) is 25.4 Å². The highest BCUT2D eigenvalue weighted by molar-refractivity contribution is 7.16. The van der Waals surface area contributed by atoms with Crippen LogP contribution in [-0.2, 0) is 9.53 Å². The van der Waals surface area contributed by atoms with Gasteiger partial charge in [0, 0.05) is 41.7 Å². The predicted molar refractivity (Wildman–Crippen MR) is 107 cm³/mol. The summed E-state index contributed by atoms with van der Waals surface area (Å²) < 4.78 is 44.1. The Morgan fingerprint density at radius 1 is 1.37 bits per heavy atom. The van der Waals surface area contributed by atoms with Gasteiger partial charge >= 0.3 is 12.1 Å². The second kappa shape index (κ2) is 8.47. The number of amides is 1. The maximum absolute atomic E-state index is 13.1. The molecule has 1 atom stereocenters. The van der Waals surface area contributed by atoms with E-state index in [9.17, 15) is 22.8 Å². The van der Waals surface area contributed by atoms with E-state index in [1.54, 1.807) is 19.1 Å². The summed E-state index contributed by atoms with van der Waals surface area (Å²) in [5.74, 6) is -1.87. The maximum atomic E-state index is 13.1. The number of nitrogens with one attached hydrogen (secondary N) is 1. The Hall–Kier alpha value is -2.88. The van der Waals surface area contributed by atoms with Crippen LogP contribution >= 0.6 is 11.3 Å². The second-order valence-corrected chi connectivity index (χ2v) is 7.96. The second-order valence-electron chi connectivity index (χ2n) is 6.93. The van der Waals surface area contributed by atoms with E-state index in [-0.39, 0.29) is 17.2 Å². The number of nitrogens with zero attached hydrogens (tertiary/aromatic N) is 2. The van der Waals surface area contributed by atoms with Gasteiger partial charge in [0.05, 0.1) is 7.11 Å². The molecule has 0 aromatic carbocycles. The smallest absolute Gasteiger partial charge is 0.412 e. The number of methoxy groups -OCH3 is 1. The zero-order valence-corrected chi connectivity index (χ0v) is 17.4. The lowest BCUT2D eigenvalue weighted by molar-refractivity contribution is -0.112. The molecule has 1 aromatic heterocycles. The van der Waals surface area contributed by atoms with Gasteiger partial charge in [-0.25, -0.2) is 9.78 Å². The fourth-order valence-corrected chi connectivity index (χ4v) is 4.26. The summed E-state index contributed by atoms with van der Waals surface area (Å²) >= 11 is 0.970. The largest absolute Gasteiger partial charge is 0.464 e. The molecule has 0 fully saturated rings. The Bertz CT molecular complexity index is 989. The van der Waals surface area contributed by atoms with Gasteiger partial charge in [-0.15, -0.1) is 11.3 Å². The van der Waals surface area contributed by atoms with E-state index < -0.39 is 29.5 Å². The van der Waals surface area contributed by atoms with E-state index in [0.717, 1.165) is 23.0 Å². The molecular weight excluding hydrogens is 419 g/mol. The normalized spacial score (nSPS) is 19.1. The van der Waals surface area contributed by atoms with Crippen LogP contribution in [0.25, 0.3) is 0 Å². The topological polar surface area (TPSA) is 71.5 Å². The summed E-state index contributed by atoms with van der Waals surface area (Å²) in [6.45, 7) is 2.36. The Balaban J connectivity index is 1.87. The minimum absolute atomic E-state index is 0.0968. The van der Waals surface area contributed by atoms with E-state index in [1.807, 2.05) is 18.1 Å². The molecule has 1 aromatic rings. The molecule has 30 heavy (non-hydrogen) atoms. The molecule has 1 amide bonds. The molecule has 160 valence electrons. The van der Waals surface area contributed by atoms with E-state index in [2.05, 4.69) is 10.3 Å². The summed E-state index contributed by atoms with van der Waals surface area (Å²) in [4.78, 5) is 31.2. The number of esters is 1. The van der Waals surface area contributed by atoms with Crippen LogP contribution in [0.15, 0.2) is 47.2 Å². The molecular formula is C20H20F3N3O3S. The van der Waals surface area contributed by atoms with Gasteiger partial charge in [0.25, 0.3) is 5.91 Å². The average molecular weight is 439 g/mol. The van der Waals surface area contributed by atoms with Gasteiger partial charge in [-0.3, -0.25) is 10.1 Å². The number of anilines is 1. The fraction of sp³-hybridized carbons (Fsp3) is 0.350. The van der Waals surface area contributed by atoms with Gasteiger partial charge in [0.15, 0.2) is 10.8 Å². The summed E-state index contributed by atoms with van der Waals surface area (Å²) in [7, 11) is 3.05. The molecule has 1 aliphatic heterocycles. The van der Waals surface area contributed by atoms with Crippen LogP contribution in [0, 0.1) is 0 Å². The minimum atomic E-state index is -4.46. The van der Waals surface area contributed by atoms with Crippen LogP contribution in [0.4, 0.5) is 18.3 Å². The number of thiazole rings is 1. The molecule has 1 unspecified atom stereocenters. The fourth-order valence-electron chi connectivity index (χ4n) is 3.23. The first-order chi connectivity index (χ1) is 14.1. The standard InChI is InChI=1S/C20H20F3N3O3S/c1-11-10-26(2)8-7-14(11)17(27)25-19-24-15(18(28)29-3)16(30-19)12-5-4-6-13(9-12)20(21,22)23/h4-7,10,12H,8-9H2,1-3H3,(H,24,25,27). The Morgan fingerprint density at radius 2 is 2.10 bits per heavy atom. The van der Waals surface area contributed by atoms with Crippen molar-refractivity contribution in [1.29, 1.82) is 0 Å². The molecule has 0 saturated carbocycles. The first-order valence-electron chi connectivity index (χ1n) is 9.04. The average Bonchev–Trinajstić information content (AvgIpc) is 3.10.